The van der Waals surface area contributed by atoms with Gasteiger partial charge in [0.15, 0.2) is 0 Å². The van der Waals surface area contributed by atoms with Gasteiger partial charge in [-0.15, -0.1) is 0 Å². The molecule has 3 aliphatic heterocycles. The van der Waals surface area contributed by atoms with E-state index < -0.39 is 20.9 Å². The zero-order valence-electron chi connectivity index (χ0n) is 12.2. The highest BCUT2D eigenvalue weighted by Crippen LogP contribution is 2.46. The van der Waals surface area contributed by atoms with E-state index in [4.69, 9.17) is 4.74 Å². The average Bonchev–Trinajstić information content (AvgIpc) is 3.14. The molecule has 22 heavy (non-hydrogen) atoms. The highest BCUT2D eigenvalue weighted by atomic mass is 32.2. The number of aromatic amines is 1. The molecule has 0 saturated carbocycles. The molecule has 4 heterocycles. The number of likely N-dealkylation sites (N-methyl/N-ethyl adjacent to an activating group) is 1. The van der Waals surface area contributed by atoms with Crippen LogP contribution >= 0.6 is 0 Å². The van der Waals surface area contributed by atoms with E-state index in [0.29, 0.717) is 38.3 Å². The second kappa shape index (κ2) is 4.53. The summed E-state index contributed by atoms with van der Waals surface area (Å²) in [6.45, 7) is 3.32. The van der Waals surface area contributed by atoms with Crippen molar-refractivity contribution in [3.05, 3.63) is 18.0 Å². The van der Waals surface area contributed by atoms with Gasteiger partial charge < -0.3 is 9.64 Å². The molecule has 1 aromatic rings. The SMILES string of the molecule is CCN1C[C@]23CN(C(=O)c4ccn[nH]4)C[C@@H](C[C@H]2S1(=O)=O)O3. The van der Waals surface area contributed by atoms with E-state index in [-0.39, 0.29) is 12.0 Å². The van der Waals surface area contributed by atoms with Crippen molar-refractivity contribution in [2.24, 2.45) is 0 Å². The van der Waals surface area contributed by atoms with Gasteiger partial charge in [0, 0.05) is 25.8 Å². The first kappa shape index (κ1) is 14.2. The molecule has 0 aromatic carbocycles. The molecule has 3 aliphatic rings. The Kier molecular flexibility index (Phi) is 2.91. The maximum Gasteiger partial charge on any atom is 0.272 e. The number of carbonyl (C=O) groups is 1. The highest BCUT2D eigenvalue weighted by Gasteiger charge is 2.65. The van der Waals surface area contributed by atoms with Crippen LogP contribution in [0, 0.1) is 0 Å². The molecule has 8 nitrogen and oxygen atoms in total. The van der Waals surface area contributed by atoms with Gasteiger partial charge in [0.25, 0.3) is 5.91 Å². The molecular formula is C13H18N4O4S. The van der Waals surface area contributed by atoms with Gasteiger partial charge in [0.05, 0.1) is 12.6 Å². The number of ether oxygens (including phenoxy) is 1. The van der Waals surface area contributed by atoms with Gasteiger partial charge in [-0.2, -0.15) is 9.40 Å². The second-order valence-corrected chi connectivity index (χ2v) is 8.27. The number of nitrogens with zero attached hydrogens (tertiary/aromatic N) is 3. The molecule has 2 bridgehead atoms. The first-order valence-electron chi connectivity index (χ1n) is 7.42. The molecule has 0 radical (unpaired) electrons. The van der Waals surface area contributed by atoms with Crippen LogP contribution in [0.3, 0.4) is 0 Å². The first-order chi connectivity index (χ1) is 10.5. The number of rotatable bonds is 2. The molecular weight excluding hydrogens is 308 g/mol. The van der Waals surface area contributed by atoms with E-state index in [0.717, 1.165) is 0 Å². The topological polar surface area (TPSA) is 95.6 Å². The number of likely N-dealkylation sites (tertiary alicyclic amines) is 1. The molecule has 1 N–H and O–H groups in total. The van der Waals surface area contributed by atoms with Gasteiger partial charge in [0.2, 0.25) is 10.0 Å². The quantitative estimate of drug-likeness (QED) is 0.785. The summed E-state index contributed by atoms with van der Waals surface area (Å²) in [5, 5.41) is 5.93. The molecule has 0 unspecified atom stereocenters. The Morgan fingerprint density at radius 2 is 2.36 bits per heavy atom. The van der Waals surface area contributed by atoms with E-state index in [1.807, 2.05) is 6.92 Å². The maximum absolute atomic E-state index is 12.6. The summed E-state index contributed by atoms with van der Waals surface area (Å²) in [7, 11) is -3.33. The van der Waals surface area contributed by atoms with Crippen LogP contribution in [0.4, 0.5) is 0 Å². The molecule has 4 rings (SSSR count). The van der Waals surface area contributed by atoms with Crippen LogP contribution < -0.4 is 0 Å². The molecule has 3 saturated heterocycles. The summed E-state index contributed by atoms with van der Waals surface area (Å²) in [5.41, 5.74) is -0.365. The van der Waals surface area contributed by atoms with E-state index in [1.165, 1.54) is 10.5 Å². The third kappa shape index (κ3) is 1.79. The summed E-state index contributed by atoms with van der Waals surface area (Å²) < 4.78 is 32.7. The van der Waals surface area contributed by atoms with E-state index >= 15 is 0 Å². The lowest BCUT2D eigenvalue weighted by molar-refractivity contribution is -0.0975. The average molecular weight is 326 g/mol. The molecule has 3 atom stereocenters. The zero-order valence-corrected chi connectivity index (χ0v) is 13.0. The standard InChI is InChI=1S/C13H18N4O4S/c1-2-17-8-13-7-16(12(18)10-3-4-14-15-10)6-9(21-13)5-11(13)22(17,19)20/h3-4,9,11H,2,5-8H2,1H3,(H,14,15)/t9-,11-,13-/m1/s1. The smallest absolute Gasteiger partial charge is 0.272 e. The molecule has 1 spiro atoms. The van der Waals surface area contributed by atoms with Crippen LogP contribution in [0.15, 0.2) is 12.3 Å². The minimum Gasteiger partial charge on any atom is -0.365 e. The van der Waals surface area contributed by atoms with Crippen molar-refractivity contribution < 1.29 is 17.9 Å². The van der Waals surface area contributed by atoms with Crippen LogP contribution in [-0.2, 0) is 14.8 Å². The highest BCUT2D eigenvalue weighted by molar-refractivity contribution is 7.90. The van der Waals surface area contributed by atoms with Crippen LogP contribution in [0.1, 0.15) is 23.8 Å². The number of amides is 1. The lowest BCUT2D eigenvalue weighted by Crippen LogP contribution is -2.56. The number of hydrogen-bond acceptors (Lipinski definition) is 5. The third-order valence-electron chi connectivity index (χ3n) is 4.88. The largest absolute Gasteiger partial charge is 0.365 e. The number of H-pyrrole nitrogens is 1. The summed E-state index contributed by atoms with van der Waals surface area (Å²) in [6, 6.07) is 1.62. The number of nitrogens with one attached hydrogen (secondary N) is 1. The number of sulfonamides is 1. The molecule has 120 valence electrons. The Morgan fingerprint density at radius 1 is 1.55 bits per heavy atom. The predicted molar refractivity (Wildman–Crippen MR) is 76.7 cm³/mol. The number of hydrogen-bond donors (Lipinski definition) is 1. The first-order valence-corrected chi connectivity index (χ1v) is 8.92. The molecule has 1 amide bonds. The molecule has 3 fully saturated rings. The number of aromatic nitrogens is 2. The van der Waals surface area contributed by atoms with Gasteiger partial charge in [-0.25, -0.2) is 8.42 Å². The van der Waals surface area contributed by atoms with Crippen molar-refractivity contribution in [2.45, 2.75) is 30.3 Å². The van der Waals surface area contributed by atoms with Crippen LogP contribution in [0.5, 0.6) is 0 Å². The summed E-state index contributed by atoms with van der Waals surface area (Å²) in [5.74, 6) is -0.154. The molecule has 1 aromatic heterocycles. The fraction of sp³-hybridized carbons (Fsp3) is 0.692. The Balaban J connectivity index is 1.65. The fourth-order valence-corrected chi connectivity index (χ4v) is 6.26. The Bertz CT molecular complexity index is 704. The van der Waals surface area contributed by atoms with Gasteiger partial charge in [0.1, 0.15) is 16.5 Å². The van der Waals surface area contributed by atoms with Crippen molar-refractivity contribution in [1.29, 1.82) is 0 Å². The lowest BCUT2D eigenvalue weighted by Gasteiger charge is -2.39. The fourth-order valence-electron chi connectivity index (χ4n) is 3.94. The van der Waals surface area contributed by atoms with E-state index in [1.54, 1.807) is 11.0 Å². The van der Waals surface area contributed by atoms with Crippen molar-refractivity contribution in [3.8, 4) is 0 Å². The van der Waals surface area contributed by atoms with Crippen LogP contribution in [-0.4, -0.2) is 76.9 Å². The maximum atomic E-state index is 12.6. The summed E-state index contributed by atoms with van der Waals surface area (Å²) in [4.78, 5) is 14.2. The van der Waals surface area contributed by atoms with Gasteiger partial charge in [-0.3, -0.25) is 9.89 Å². The van der Waals surface area contributed by atoms with Crippen molar-refractivity contribution in [1.82, 2.24) is 19.4 Å². The van der Waals surface area contributed by atoms with E-state index in [2.05, 4.69) is 10.2 Å². The minimum absolute atomic E-state index is 0.154. The Labute approximate surface area is 128 Å². The molecule has 9 heteroatoms. The van der Waals surface area contributed by atoms with Crippen LogP contribution in [0.2, 0.25) is 0 Å². The van der Waals surface area contributed by atoms with Crippen LogP contribution in [0.25, 0.3) is 0 Å². The third-order valence-corrected chi connectivity index (χ3v) is 7.33. The summed E-state index contributed by atoms with van der Waals surface area (Å²) in [6.07, 6.45) is 1.78. The number of carbonyl (C=O) groups excluding carboxylic acids is 1. The van der Waals surface area contributed by atoms with Gasteiger partial charge in [-0.05, 0) is 12.5 Å². The van der Waals surface area contributed by atoms with Crippen molar-refractivity contribution >= 4 is 15.9 Å². The Morgan fingerprint density at radius 3 is 3.05 bits per heavy atom. The van der Waals surface area contributed by atoms with Gasteiger partial charge >= 0.3 is 0 Å². The second-order valence-electron chi connectivity index (χ2n) is 6.16. The monoisotopic (exact) mass is 326 g/mol. The van der Waals surface area contributed by atoms with Crippen molar-refractivity contribution in [2.75, 3.05) is 26.2 Å². The number of morpholine rings is 1. The number of fused-ring (bicyclic) bond motifs is 1. The molecule has 0 aliphatic carbocycles. The zero-order chi connectivity index (χ0) is 15.5. The van der Waals surface area contributed by atoms with E-state index in [9.17, 15) is 13.2 Å². The minimum atomic E-state index is -3.33. The lowest BCUT2D eigenvalue weighted by atomic mass is 9.99. The normalized spacial score (nSPS) is 36.5. The Hall–Kier alpha value is -1.45. The van der Waals surface area contributed by atoms with Crippen molar-refractivity contribution in [3.63, 3.8) is 0 Å². The van der Waals surface area contributed by atoms with Gasteiger partial charge in [-0.1, -0.05) is 6.92 Å². The predicted octanol–water partition coefficient (Wildman–Crippen LogP) is -0.573. The summed E-state index contributed by atoms with van der Waals surface area (Å²) >= 11 is 0.